The molecular weight excluding hydrogens is 437 g/mol. The summed E-state index contributed by atoms with van der Waals surface area (Å²) in [6.07, 6.45) is 3.63. The number of hydrogen-bond acceptors (Lipinski definition) is 6. The zero-order valence-corrected chi connectivity index (χ0v) is 17.9. The fourth-order valence-corrected chi connectivity index (χ4v) is 4.96. The van der Waals surface area contributed by atoms with E-state index in [9.17, 15) is 13.2 Å². The van der Waals surface area contributed by atoms with E-state index in [0.29, 0.717) is 49.1 Å². The Bertz CT molecular complexity index is 951. The fourth-order valence-electron chi connectivity index (χ4n) is 2.98. The van der Waals surface area contributed by atoms with Crippen LogP contribution in [0.3, 0.4) is 0 Å². The summed E-state index contributed by atoms with van der Waals surface area (Å²) in [7, 11) is -3.39. The molecule has 0 saturated carbocycles. The topological polar surface area (TPSA) is 95.5 Å². The number of halogens is 2. The number of nitrogens with one attached hydrogen (secondary N) is 1. The second kappa shape index (κ2) is 9.71. The average molecular weight is 458 g/mol. The third-order valence-corrected chi connectivity index (χ3v) is 7.01. The summed E-state index contributed by atoms with van der Waals surface area (Å²) in [5.74, 6) is 0.206. The van der Waals surface area contributed by atoms with Gasteiger partial charge in [-0.1, -0.05) is 23.2 Å². The maximum absolute atomic E-state index is 12.6. The first-order valence-corrected chi connectivity index (χ1v) is 11.5. The molecule has 0 bridgehead atoms. The summed E-state index contributed by atoms with van der Waals surface area (Å²) in [6.45, 7) is 2.07. The molecule has 0 unspecified atom stereocenters. The van der Waals surface area contributed by atoms with Gasteiger partial charge >= 0.3 is 0 Å². The number of sulfonamides is 1. The van der Waals surface area contributed by atoms with Crippen molar-refractivity contribution < 1.29 is 13.2 Å². The smallest absolute Gasteiger partial charge is 0.252 e. The van der Waals surface area contributed by atoms with Crippen LogP contribution in [-0.2, 0) is 10.0 Å². The van der Waals surface area contributed by atoms with Crippen LogP contribution in [0.1, 0.15) is 16.8 Å². The Morgan fingerprint density at radius 3 is 2.45 bits per heavy atom. The summed E-state index contributed by atoms with van der Waals surface area (Å²) in [5.41, 5.74) is 0.304. The maximum Gasteiger partial charge on any atom is 0.252 e. The highest BCUT2D eigenvalue weighted by Crippen LogP contribution is 2.20. The number of amides is 1. The van der Waals surface area contributed by atoms with Crippen LogP contribution in [0.2, 0.25) is 10.0 Å². The van der Waals surface area contributed by atoms with Crippen LogP contribution in [0.15, 0.2) is 36.7 Å². The highest BCUT2D eigenvalue weighted by molar-refractivity contribution is 7.89. The van der Waals surface area contributed by atoms with Crippen molar-refractivity contribution in [3.63, 3.8) is 0 Å². The van der Waals surface area contributed by atoms with Crippen LogP contribution < -0.4 is 10.2 Å². The molecule has 11 heteroatoms. The second-order valence-electron chi connectivity index (χ2n) is 6.48. The minimum atomic E-state index is -3.39. The van der Waals surface area contributed by atoms with Crippen molar-refractivity contribution in [1.82, 2.24) is 19.6 Å². The predicted octanol–water partition coefficient (Wildman–Crippen LogP) is 2.06. The molecule has 1 amide bonds. The number of carbonyl (C=O) groups is 1. The average Bonchev–Trinajstić information content (AvgIpc) is 2.72. The molecule has 0 radical (unpaired) electrons. The van der Waals surface area contributed by atoms with Crippen LogP contribution in [0.25, 0.3) is 0 Å². The van der Waals surface area contributed by atoms with Crippen LogP contribution >= 0.6 is 23.2 Å². The molecule has 1 saturated heterocycles. The largest absolute Gasteiger partial charge is 0.352 e. The van der Waals surface area contributed by atoms with E-state index in [1.165, 1.54) is 16.4 Å². The molecule has 0 spiro atoms. The Labute approximate surface area is 179 Å². The van der Waals surface area contributed by atoms with Gasteiger partial charge in [0.05, 0.1) is 16.3 Å². The van der Waals surface area contributed by atoms with E-state index in [0.717, 1.165) is 0 Å². The third-order valence-electron chi connectivity index (χ3n) is 4.51. The van der Waals surface area contributed by atoms with Gasteiger partial charge in [0.15, 0.2) is 0 Å². The summed E-state index contributed by atoms with van der Waals surface area (Å²) in [6, 6.07) is 6.34. The van der Waals surface area contributed by atoms with E-state index in [1.54, 1.807) is 24.5 Å². The minimum Gasteiger partial charge on any atom is -0.352 e. The summed E-state index contributed by atoms with van der Waals surface area (Å²) in [4.78, 5) is 22.5. The van der Waals surface area contributed by atoms with Gasteiger partial charge in [-0.25, -0.2) is 18.4 Å². The highest BCUT2D eigenvalue weighted by atomic mass is 35.5. The number of hydrogen-bond donors (Lipinski definition) is 1. The normalized spacial score (nSPS) is 15.3. The van der Waals surface area contributed by atoms with Gasteiger partial charge in [0, 0.05) is 50.1 Å². The van der Waals surface area contributed by atoms with E-state index in [1.807, 2.05) is 4.90 Å². The molecule has 3 rings (SSSR count). The lowest BCUT2D eigenvalue weighted by Crippen LogP contribution is -2.49. The van der Waals surface area contributed by atoms with Gasteiger partial charge in [-0.2, -0.15) is 4.31 Å². The lowest BCUT2D eigenvalue weighted by molar-refractivity contribution is 0.0954. The Morgan fingerprint density at radius 1 is 1.10 bits per heavy atom. The third kappa shape index (κ3) is 5.79. The van der Waals surface area contributed by atoms with Gasteiger partial charge in [0.1, 0.15) is 0 Å². The number of rotatable bonds is 7. The Kier molecular flexibility index (Phi) is 7.28. The van der Waals surface area contributed by atoms with Gasteiger partial charge in [0.25, 0.3) is 5.91 Å². The first-order valence-electron chi connectivity index (χ1n) is 9.10. The number of anilines is 1. The van der Waals surface area contributed by atoms with Crippen molar-refractivity contribution in [3.8, 4) is 0 Å². The molecule has 156 valence electrons. The zero-order chi connectivity index (χ0) is 20.9. The lowest BCUT2D eigenvalue weighted by atomic mass is 10.2. The SMILES string of the molecule is O=C(NCCCS(=O)(=O)N1CCN(c2ncccn2)CC1)c1ccc(Cl)cc1Cl. The van der Waals surface area contributed by atoms with Crippen molar-refractivity contribution >= 4 is 45.1 Å². The summed E-state index contributed by atoms with van der Waals surface area (Å²) >= 11 is 11.8. The molecule has 8 nitrogen and oxygen atoms in total. The standard InChI is InChI=1S/C18H21Cl2N5O3S/c19-14-3-4-15(16(20)13-14)17(26)21-7-2-12-29(27,28)25-10-8-24(9-11-25)18-22-5-1-6-23-18/h1,3-6,13H,2,7-12H2,(H,21,26). The quantitative estimate of drug-likeness (QED) is 0.639. The van der Waals surface area contributed by atoms with E-state index in [2.05, 4.69) is 15.3 Å². The Hall–Kier alpha value is -1.94. The maximum atomic E-state index is 12.6. The molecule has 29 heavy (non-hydrogen) atoms. The van der Waals surface area contributed by atoms with E-state index >= 15 is 0 Å². The van der Waals surface area contributed by atoms with E-state index in [-0.39, 0.29) is 23.2 Å². The van der Waals surface area contributed by atoms with Crippen molar-refractivity contribution in [3.05, 3.63) is 52.3 Å². The van der Waals surface area contributed by atoms with Crippen molar-refractivity contribution in [2.45, 2.75) is 6.42 Å². The van der Waals surface area contributed by atoms with Crippen LogP contribution in [0.5, 0.6) is 0 Å². The number of piperazine rings is 1. The predicted molar refractivity (Wildman–Crippen MR) is 113 cm³/mol. The molecule has 0 aliphatic carbocycles. The number of aromatic nitrogens is 2. The van der Waals surface area contributed by atoms with Crippen molar-refractivity contribution in [2.75, 3.05) is 43.4 Å². The molecule has 1 aliphatic rings. The monoisotopic (exact) mass is 457 g/mol. The van der Waals surface area contributed by atoms with Gasteiger partial charge in [-0.15, -0.1) is 0 Å². The van der Waals surface area contributed by atoms with E-state index < -0.39 is 10.0 Å². The van der Waals surface area contributed by atoms with Crippen molar-refractivity contribution in [2.24, 2.45) is 0 Å². The van der Waals surface area contributed by atoms with Gasteiger partial charge in [-0.3, -0.25) is 4.79 Å². The minimum absolute atomic E-state index is 0.0382. The molecule has 1 aromatic carbocycles. The molecule has 0 atom stereocenters. The van der Waals surface area contributed by atoms with Gasteiger partial charge < -0.3 is 10.2 Å². The van der Waals surface area contributed by atoms with Crippen molar-refractivity contribution in [1.29, 1.82) is 0 Å². The summed E-state index contributed by atoms with van der Waals surface area (Å²) < 4.78 is 26.6. The Morgan fingerprint density at radius 2 is 1.79 bits per heavy atom. The molecule has 2 heterocycles. The van der Waals surface area contributed by atoms with Crippen LogP contribution in [-0.4, -0.2) is 67.1 Å². The van der Waals surface area contributed by atoms with Gasteiger partial charge in [0.2, 0.25) is 16.0 Å². The first-order chi connectivity index (χ1) is 13.9. The van der Waals surface area contributed by atoms with Crippen LogP contribution in [0.4, 0.5) is 5.95 Å². The number of nitrogens with zero attached hydrogens (tertiary/aromatic N) is 4. The highest BCUT2D eigenvalue weighted by Gasteiger charge is 2.27. The Balaban J connectivity index is 1.44. The van der Waals surface area contributed by atoms with E-state index in [4.69, 9.17) is 23.2 Å². The van der Waals surface area contributed by atoms with Crippen LogP contribution in [0, 0.1) is 0 Å². The summed E-state index contributed by atoms with van der Waals surface area (Å²) in [5, 5.41) is 3.38. The zero-order valence-electron chi connectivity index (χ0n) is 15.6. The molecule has 1 aromatic heterocycles. The molecule has 1 fully saturated rings. The van der Waals surface area contributed by atoms with Gasteiger partial charge in [-0.05, 0) is 30.7 Å². The number of carbonyl (C=O) groups excluding carboxylic acids is 1. The number of benzene rings is 1. The lowest BCUT2D eigenvalue weighted by Gasteiger charge is -2.33. The molecule has 2 aromatic rings. The second-order valence-corrected chi connectivity index (χ2v) is 9.42. The first kappa shape index (κ1) is 21.8. The molecule has 1 aliphatic heterocycles. The molecule has 1 N–H and O–H groups in total. The fraction of sp³-hybridized carbons (Fsp3) is 0.389. The molecular formula is C18H21Cl2N5O3S.